The number of hydrogen-bond donors (Lipinski definition) is 1. The molecule has 1 atom stereocenters. The maximum atomic E-state index is 13.4. The molecule has 2 N–H and O–H groups in total. The summed E-state index contributed by atoms with van der Waals surface area (Å²) in [5.41, 5.74) is 6.31. The first kappa shape index (κ1) is 14.5. The maximum absolute atomic E-state index is 13.4. The van der Waals surface area contributed by atoms with E-state index in [-0.39, 0.29) is 5.75 Å². The molecule has 6 heteroatoms. The first-order valence-electron chi connectivity index (χ1n) is 6.54. The van der Waals surface area contributed by atoms with Crippen molar-refractivity contribution in [3.63, 3.8) is 0 Å². The largest absolute Gasteiger partial charge is 0.494 e. The Morgan fingerprint density at radius 1 is 1.45 bits per heavy atom. The minimum atomic E-state index is -0.422. The Labute approximate surface area is 116 Å². The fraction of sp³-hybridized carbons (Fsp3) is 0.429. The Hall–Kier alpha value is -1.95. The monoisotopic (exact) mass is 279 g/mol. The second-order valence-corrected chi connectivity index (χ2v) is 4.58. The number of methoxy groups -OCH3 is 1. The number of benzene rings is 1. The minimum Gasteiger partial charge on any atom is -0.494 e. The van der Waals surface area contributed by atoms with Crippen LogP contribution in [0.5, 0.6) is 5.75 Å². The van der Waals surface area contributed by atoms with Crippen molar-refractivity contribution >= 4 is 0 Å². The molecule has 2 rings (SSSR count). The summed E-state index contributed by atoms with van der Waals surface area (Å²) in [5, 5.41) is 3.91. The zero-order chi connectivity index (χ0) is 14.5. The first-order valence-corrected chi connectivity index (χ1v) is 6.54. The van der Waals surface area contributed by atoms with Gasteiger partial charge >= 0.3 is 0 Å². The van der Waals surface area contributed by atoms with E-state index in [0.29, 0.717) is 36.2 Å². The zero-order valence-corrected chi connectivity index (χ0v) is 11.6. The molecule has 5 nitrogen and oxygen atoms in total. The number of nitrogens with two attached hydrogens (primary N) is 1. The highest BCUT2D eigenvalue weighted by atomic mass is 19.1. The molecule has 1 aromatic carbocycles. The van der Waals surface area contributed by atoms with Gasteiger partial charge in [0.15, 0.2) is 11.6 Å². The summed E-state index contributed by atoms with van der Waals surface area (Å²) in [6, 6.07) is 4.45. The third kappa shape index (κ3) is 3.14. The maximum Gasteiger partial charge on any atom is 0.227 e. The number of aromatic nitrogens is 2. The molecule has 20 heavy (non-hydrogen) atoms. The number of halogens is 1. The fourth-order valence-electron chi connectivity index (χ4n) is 1.90. The molecule has 0 amide bonds. The van der Waals surface area contributed by atoms with E-state index in [2.05, 4.69) is 17.1 Å². The second kappa shape index (κ2) is 6.47. The molecule has 0 fully saturated rings. The van der Waals surface area contributed by atoms with Gasteiger partial charge in [0.25, 0.3) is 0 Å². The molecule has 0 radical (unpaired) electrons. The normalized spacial score (nSPS) is 12.4. The molecule has 0 aliphatic rings. The van der Waals surface area contributed by atoms with Gasteiger partial charge in [-0.05, 0) is 30.7 Å². The van der Waals surface area contributed by atoms with Crippen molar-refractivity contribution in [3.05, 3.63) is 29.9 Å². The number of nitrogens with zero attached hydrogens (tertiary/aromatic N) is 2. The summed E-state index contributed by atoms with van der Waals surface area (Å²) in [6.45, 7) is 2.65. The van der Waals surface area contributed by atoms with Gasteiger partial charge in [0.1, 0.15) is 0 Å². The lowest BCUT2D eigenvalue weighted by Gasteiger charge is -2.07. The first-order chi connectivity index (χ1) is 9.67. The van der Waals surface area contributed by atoms with Crippen molar-refractivity contribution in [1.29, 1.82) is 0 Å². The molecule has 0 aliphatic heterocycles. The molecule has 1 heterocycles. The SMILES string of the molecule is CCC(CN)Cc1nc(-c2ccc(F)c(OC)c2)no1. The molecule has 108 valence electrons. The molecule has 1 unspecified atom stereocenters. The summed E-state index contributed by atoms with van der Waals surface area (Å²) >= 11 is 0. The van der Waals surface area contributed by atoms with Crippen LogP contribution in [0.4, 0.5) is 4.39 Å². The Kier molecular flexibility index (Phi) is 4.68. The second-order valence-electron chi connectivity index (χ2n) is 4.58. The van der Waals surface area contributed by atoms with Crippen molar-refractivity contribution in [2.45, 2.75) is 19.8 Å². The molecular formula is C14H18FN3O2. The van der Waals surface area contributed by atoms with Gasteiger partial charge < -0.3 is 15.0 Å². The van der Waals surface area contributed by atoms with Crippen molar-refractivity contribution in [2.75, 3.05) is 13.7 Å². The molecule has 1 aromatic heterocycles. The van der Waals surface area contributed by atoms with Crippen LogP contribution in [0.2, 0.25) is 0 Å². The van der Waals surface area contributed by atoms with Crippen LogP contribution in [0.15, 0.2) is 22.7 Å². The lowest BCUT2D eigenvalue weighted by Crippen LogP contribution is -2.15. The van der Waals surface area contributed by atoms with E-state index in [9.17, 15) is 4.39 Å². The van der Waals surface area contributed by atoms with E-state index in [1.807, 2.05) is 0 Å². The smallest absolute Gasteiger partial charge is 0.227 e. The van der Waals surface area contributed by atoms with E-state index < -0.39 is 5.82 Å². The highest BCUT2D eigenvalue weighted by Crippen LogP contribution is 2.24. The van der Waals surface area contributed by atoms with Crippen LogP contribution in [-0.2, 0) is 6.42 Å². The van der Waals surface area contributed by atoms with Crippen LogP contribution in [-0.4, -0.2) is 23.8 Å². The van der Waals surface area contributed by atoms with Crippen molar-refractivity contribution in [2.24, 2.45) is 11.7 Å². The minimum absolute atomic E-state index is 0.155. The summed E-state index contributed by atoms with van der Waals surface area (Å²) < 4.78 is 23.5. The van der Waals surface area contributed by atoms with Crippen LogP contribution in [0.25, 0.3) is 11.4 Å². The van der Waals surface area contributed by atoms with Gasteiger partial charge in [-0.1, -0.05) is 18.5 Å². The molecule has 0 bridgehead atoms. The van der Waals surface area contributed by atoms with E-state index in [1.54, 1.807) is 12.1 Å². The lowest BCUT2D eigenvalue weighted by molar-refractivity contribution is 0.350. The number of rotatable bonds is 6. The van der Waals surface area contributed by atoms with Gasteiger partial charge in [-0.2, -0.15) is 4.98 Å². The van der Waals surface area contributed by atoms with Crippen LogP contribution >= 0.6 is 0 Å². The number of hydrogen-bond acceptors (Lipinski definition) is 5. The zero-order valence-electron chi connectivity index (χ0n) is 11.6. The summed E-state index contributed by atoms with van der Waals surface area (Å²) in [5.74, 6) is 1.02. The van der Waals surface area contributed by atoms with Gasteiger partial charge in [-0.25, -0.2) is 4.39 Å². The topological polar surface area (TPSA) is 74.2 Å². The standard InChI is InChI=1S/C14H18FN3O2/c1-3-9(8-16)6-13-17-14(18-20-13)10-4-5-11(15)12(7-10)19-2/h4-5,7,9H,3,6,8,16H2,1-2H3. The Bertz CT molecular complexity index is 567. The molecular weight excluding hydrogens is 261 g/mol. The van der Waals surface area contributed by atoms with E-state index >= 15 is 0 Å². The van der Waals surface area contributed by atoms with E-state index in [0.717, 1.165) is 6.42 Å². The Morgan fingerprint density at radius 3 is 2.90 bits per heavy atom. The van der Waals surface area contributed by atoms with Gasteiger partial charge in [-0.3, -0.25) is 0 Å². The third-order valence-corrected chi connectivity index (χ3v) is 3.25. The highest BCUT2D eigenvalue weighted by Gasteiger charge is 2.14. The van der Waals surface area contributed by atoms with Gasteiger partial charge in [0.05, 0.1) is 7.11 Å². The average Bonchev–Trinajstić information content (AvgIpc) is 2.93. The lowest BCUT2D eigenvalue weighted by atomic mass is 10.0. The summed E-state index contributed by atoms with van der Waals surface area (Å²) in [4.78, 5) is 4.31. The van der Waals surface area contributed by atoms with Gasteiger partial charge in [0.2, 0.25) is 11.7 Å². The molecule has 0 saturated carbocycles. The molecule has 0 saturated heterocycles. The van der Waals surface area contributed by atoms with Crippen LogP contribution in [0, 0.1) is 11.7 Å². The van der Waals surface area contributed by atoms with E-state index in [1.165, 1.54) is 13.2 Å². The van der Waals surface area contributed by atoms with Gasteiger partial charge in [-0.15, -0.1) is 0 Å². The van der Waals surface area contributed by atoms with Crippen LogP contribution in [0.1, 0.15) is 19.2 Å². The Balaban J connectivity index is 2.20. The predicted molar refractivity (Wildman–Crippen MR) is 72.8 cm³/mol. The highest BCUT2D eigenvalue weighted by molar-refractivity contribution is 5.57. The van der Waals surface area contributed by atoms with Crippen LogP contribution in [0.3, 0.4) is 0 Å². The molecule has 0 aliphatic carbocycles. The number of ether oxygens (including phenoxy) is 1. The Morgan fingerprint density at radius 2 is 2.25 bits per heavy atom. The average molecular weight is 279 g/mol. The van der Waals surface area contributed by atoms with E-state index in [4.69, 9.17) is 15.0 Å². The summed E-state index contributed by atoms with van der Waals surface area (Å²) in [7, 11) is 1.41. The van der Waals surface area contributed by atoms with Gasteiger partial charge in [0, 0.05) is 12.0 Å². The molecule has 2 aromatic rings. The predicted octanol–water partition coefficient (Wildman–Crippen LogP) is 2.41. The van der Waals surface area contributed by atoms with Crippen LogP contribution < -0.4 is 10.5 Å². The van der Waals surface area contributed by atoms with Crippen molar-refractivity contribution < 1.29 is 13.7 Å². The third-order valence-electron chi connectivity index (χ3n) is 3.25. The molecule has 0 spiro atoms. The van der Waals surface area contributed by atoms with Crippen molar-refractivity contribution in [3.8, 4) is 17.1 Å². The summed E-state index contributed by atoms with van der Waals surface area (Å²) in [6.07, 6.45) is 1.61. The van der Waals surface area contributed by atoms with Crippen molar-refractivity contribution in [1.82, 2.24) is 10.1 Å². The fourth-order valence-corrected chi connectivity index (χ4v) is 1.90. The quantitative estimate of drug-likeness (QED) is 0.879.